The predicted molar refractivity (Wildman–Crippen MR) is 68.4 cm³/mol. The van der Waals surface area contributed by atoms with E-state index in [2.05, 4.69) is 10.2 Å². The van der Waals surface area contributed by atoms with Crippen LogP contribution in [0.2, 0.25) is 0 Å². The normalized spacial score (nSPS) is 11.6. The maximum atomic E-state index is 13.8. The highest BCUT2D eigenvalue weighted by molar-refractivity contribution is 7.92. The van der Waals surface area contributed by atoms with Crippen molar-refractivity contribution in [3.05, 3.63) is 41.1 Å². The lowest BCUT2D eigenvalue weighted by atomic mass is 10.2. The molecule has 0 unspecified atom stereocenters. The van der Waals surface area contributed by atoms with Crippen molar-refractivity contribution >= 4 is 15.7 Å². The summed E-state index contributed by atoms with van der Waals surface area (Å²) in [5, 5.41) is 5.48. The molecule has 0 saturated heterocycles. The highest BCUT2D eigenvalue weighted by atomic mass is 32.2. The Labute approximate surface area is 114 Å². The first-order valence-electron chi connectivity index (χ1n) is 5.56. The minimum Gasteiger partial charge on any atom is -0.326 e. The number of hydrogen-bond acceptors (Lipinski definition) is 4. The Hall–Kier alpha value is -2.00. The highest BCUT2D eigenvalue weighted by Crippen LogP contribution is 2.25. The Bertz CT molecular complexity index is 743. The smallest absolute Gasteiger partial charge is 0.279 e. The maximum absolute atomic E-state index is 13.8. The van der Waals surface area contributed by atoms with Crippen molar-refractivity contribution < 1.29 is 17.2 Å². The number of rotatable bonds is 4. The molecule has 20 heavy (non-hydrogen) atoms. The Morgan fingerprint density at radius 1 is 1.40 bits per heavy atom. The van der Waals surface area contributed by atoms with Crippen molar-refractivity contribution in [3.63, 3.8) is 0 Å². The molecule has 0 atom stereocenters. The van der Waals surface area contributed by atoms with Crippen LogP contribution in [0.5, 0.6) is 0 Å². The van der Waals surface area contributed by atoms with Crippen LogP contribution in [0, 0.1) is 18.6 Å². The third-order valence-corrected chi connectivity index (χ3v) is 4.05. The fourth-order valence-corrected chi connectivity index (χ4v) is 2.82. The lowest BCUT2D eigenvalue weighted by Crippen LogP contribution is -2.18. The van der Waals surface area contributed by atoms with Gasteiger partial charge in [-0.25, -0.2) is 8.78 Å². The molecule has 0 fully saturated rings. The number of hydrogen-bond donors (Lipinski definition) is 3. The third-order valence-electron chi connectivity index (χ3n) is 2.69. The summed E-state index contributed by atoms with van der Waals surface area (Å²) in [6.07, 6.45) is 1.23. The Morgan fingerprint density at radius 3 is 2.75 bits per heavy atom. The highest BCUT2D eigenvalue weighted by Gasteiger charge is 2.24. The van der Waals surface area contributed by atoms with Crippen molar-refractivity contribution in [3.8, 4) is 0 Å². The first-order chi connectivity index (χ1) is 9.36. The second-order valence-electron chi connectivity index (χ2n) is 4.09. The van der Waals surface area contributed by atoms with Gasteiger partial charge in [-0.3, -0.25) is 9.82 Å². The van der Waals surface area contributed by atoms with Crippen molar-refractivity contribution in [1.82, 2.24) is 10.2 Å². The van der Waals surface area contributed by atoms with Crippen LogP contribution in [0.3, 0.4) is 0 Å². The molecule has 0 aliphatic carbocycles. The summed E-state index contributed by atoms with van der Waals surface area (Å²) in [7, 11) is -4.20. The molecule has 0 spiro atoms. The molecule has 2 rings (SSSR count). The molecule has 1 aromatic carbocycles. The van der Waals surface area contributed by atoms with Gasteiger partial charge in [0.2, 0.25) is 0 Å². The summed E-state index contributed by atoms with van der Waals surface area (Å²) in [5.41, 5.74) is 4.97. The van der Waals surface area contributed by atoms with E-state index < -0.39 is 27.3 Å². The summed E-state index contributed by atoms with van der Waals surface area (Å²) < 4.78 is 53.4. The van der Waals surface area contributed by atoms with Gasteiger partial charge in [-0.15, -0.1) is 0 Å². The van der Waals surface area contributed by atoms with Gasteiger partial charge < -0.3 is 5.73 Å². The Balaban J connectivity index is 2.47. The molecule has 0 radical (unpaired) electrons. The van der Waals surface area contributed by atoms with E-state index in [1.54, 1.807) is 0 Å². The van der Waals surface area contributed by atoms with E-state index >= 15 is 0 Å². The minimum absolute atomic E-state index is 0.0779. The number of halogens is 2. The summed E-state index contributed by atoms with van der Waals surface area (Å²) in [6.45, 7) is 1.32. The summed E-state index contributed by atoms with van der Waals surface area (Å²) >= 11 is 0. The second-order valence-corrected chi connectivity index (χ2v) is 5.71. The van der Waals surface area contributed by atoms with E-state index in [-0.39, 0.29) is 22.7 Å². The van der Waals surface area contributed by atoms with Crippen LogP contribution in [0.15, 0.2) is 23.4 Å². The van der Waals surface area contributed by atoms with E-state index in [4.69, 9.17) is 5.73 Å². The molecule has 9 heteroatoms. The van der Waals surface area contributed by atoms with Gasteiger partial charge in [0.1, 0.15) is 11.5 Å². The number of H-pyrrole nitrogens is 1. The fraction of sp³-hybridized carbons (Fsp3) is 0.182. The van der Waals surface area contributed by atoms with Crippen molar-refractivity contribution in [2.24, 2.45) is 5.73 Å². The zero-order valence-electron chi connectivity index (χ0n) is 10.4. The number of aryl methyl sites for hydroxylation is 1. The number of nitrogens with one attached hydrogen (secondary N) is 2. The zero-order chi connectivity index (χ0) is 14.9. The molecule has 1 aromatic heterocycles. The zero-order valence-corrected chi connectivity index (χ0v) is 11.3. The summed E-state index contributed by atoms with van der Waals surface area (Å²) in [6, 6.07) is 2.19. The Morgan fingerprint density at radius 2 is 2.10 bits per heavy atom. The molecule has 0 saturated carbocycles. The van der Waals surface area contributed by atoms with Gasteiger partial charge >= 0.3 is 0 Å². The molecule has 0 aliphatic rings. The van der Waals surface area contributed by atoms with Gasteiger partial charge in [-0.05, 0) is 18.6 Å². The summed E-state index contributed by atoms with van der Waals surface area (Å²) in [4.78, 5) is 0. The van der Waals surface area contributed by atoms with Crippen LogP contribution in [0.4, 0.5) is 14.5 Å². The molecule has 4 N–H and O–H groups in total. The molecular weight excluding hydrogens is 290 g/mol. The van der Waals surface area contributed by atoms with Gasteiger partial charge in [-0.2, -0.15) is 13.5 Å². The topological polar surface area (TPSA) is 101 Å². The summed E-state index contributed by atoms with van der Waals surface area (Å²) in [5.74, 6) is -1.98. The number of nitrogens with two attached hydrogens (primary N) is 1. The molecular formula is C11H12F2N4O2S. The first-order valence-corrected chi connectivity index (χ1v) is 7.05. The minimum atomic E-state index is -4.20. The fourth-order valence-electron chi connectivity index (χ4n) is 1.61. The number of aromatic amines is 1. The van der Waals surface area contributed by atoms with E-state index in [1.807, 2.05) is 4.72 Å². The molecule has 108 valence electrons. The number of benzene rings is 1. The van der Waals surface area contributed by atoms with E-state index in [1.165, 1.54) is 19.2 Å². The molecule has 2 aromatic rings. The largest absolute Gasteiger partial charge is 0.326 e. The lowest BCUT2D eigenvalue weighted by Gasteiger charge is -2.10. The quantitative estimate of drug-likeness (QED) is 0.791. The number of nitrogens with zero attached hydrogens (tertiary/aromatic N) is 1. The first kappa shape index (κ1) is 14.4. The van der Waals surface area contributed by atoms with Gasteiger partial charge in [0, 0.05) is 12.1 Å². The lowest BCUT2D eigenvalue weighted by molar-refractivity contribution is 0.577. The molecule has 0 amide bonds. The van der Waals surface area contributed by atoms with Gasteiger partial charge in [0.05, 0.1) is 6.20 Å². The SMILES string of the molecule is Cc1ccc(F)c(NS(=O)(=O)c2[nH]ncc2CN)c1F. The average Bonchev–Trinajstić information content (AvgIpc) is 2.88. The number of sulfonamides is 1. The van der Waals surface area contributed by atoms with Crippen LogP contribution in [0.25, 0.3) is 0 Å². The van der Waals surface area contributed by atoms with Crippen LogP contribution in [-0.4, -0.2) is 18.6 Å². The van der Waals surface area contributed by atoms with Crippen LogP contribution in [-0.2, 0) is 16.6 Å². The molecule has 6 nitrogen and oxygen atoms in total. The molecule has 1 heterocycles. The van der Waals surface area contributed by atoms with Gasteiger partial charge in [0.25, 0.3) is 10.0 Å². The van der Waals surface area contributed by atoms with Gasteiger partial charge in [0.15, 0.2) is 10.8 Å². The van der Waals surface area contributed by atoms with E-state index in [9.17, 15) is 17.2 Å². The van der Waals surface area contributed by atoms with E-state index in [0.29, 0.717) is 0 Å². The average molecular weight is 302 g/mol. The maximum Gasteiger partial charge on any atom is 0.279 e. The van der Waals surface area contributed by atoms with Crippen molar-refractivity contribution in [2.45, 2.75) is 18.5 Å². The predicted octanol–water partition coefficient (Wildman–Crippen LogP) is 1.26. The number of anilines is 1. The van der Waals surface area contributed by atoms with Crippen LogP contribution in [0.1, 0.15) is 11.1 Å². The van der Waals surface area contributed by atoms with Gasteiger partial charge in [-0.1, -0.05) is 6.07 Å². The standard InChI is InChI=1S/C11H12F2N4O2S/c1-6-2-3-8(12)10(9(6)13)17-20(18,19)11-7(4-14)5-15-16-11/h2-3,5,17H,4,14H2,1H3,(H,15,16). The van der Waals surface area contributed by atoms with Crippen LogP contribution < -0.4 is 10.5 Å². The molecule has 0 bridgehead atoms. The van der Waals surface area contributed by atoms with Crippen LogP contribution >= 0.6 is 0 Å². The van der Waals surface area contributed by atoms with Crippen molar-refractivity contribution in [2.75, 3.05) is 4.72 Å². The monoisotopic (exact) mass is 302 g/mol. The Kier molecular flexibility index (Phi) is 3.73. The third kappa shape index (κ3) is 2.49. The molecule has 0 aliphatic heterocycles. The van der Waals surface area contributed by atoms with E-state index in [0.717, 1.165) is 6.07 Å². The second kappa shape index (κ2) is 5.17. The van der Waals surface area contributed by atoms with Crippen molar-refractivity contribution in [1.29, 1.82) is 0 Å². The number of aromatic nitrogens is 2.